The van der Waals surface area contributed by atoms with E-state index in [1.165, 1.54) is 12.8 Å². The van der Waals surface area contributed by atoms with Crippen LogP contribution in [0, 0.1) is 0 Å². The Morgan fingerprint density at radius 1 is 1.53 bits per heavy atom. The first-order valence-corrected chi connectivity index (χ1v) is 6.04. The minimum absolute atomic E-state index is 0.00144. The number of methoxy groups -OCH3 is 1. The number of alkyl halides is 1. The van der Waals surface area contributed by atoms with E-state index in [0.29, 0.717) is 0 Å². The van der Waals surface area contributed by atoms with E-state index in [9.17, 15) is 0 Å². The highest BCUT2D eigenvalue weighted by atomic mass is 35.5. The summed E-state index contributed by atoms with van der Waals surface area (Å²) in [5, 5.41) is 4.17. The third kappa shape index (κ3) is 2.00. The van der Waals surface area contributed by atoms with Crippen LogP contribution < -0.4 is 0 Å². The number of nitrogens with zero attached hydrogens (tertiary/aromatic N) is 1. The highest BCUT2D eigenvalue weighted by Crippen LogP contribution is 2.37. The van der Waals surface area contributed by atoms with Crippen molar-refractivity contribution in [1.82, 2.24) is 0 Å². The zero-order valence-corrected chi connectivity index (χ0v) is 10.1. The molecule has 0 radical (unpaired) electrons. The lowest BCUT2D eigenvalue weighted by atomic mass is 9.91. The molecule has 2 rings (SSSR count). The summed E-state index contributed by atoms with van der Waals surface area (Å²) in [4.78, 5) is 5.34. The molecule has 0 bridgehead atoms. The molecule has 15 heavy (non-hydrogen) atoms. The zero-order valence-electron chi connectivity index (χ0n) is 9.33. The summed E-state index contributed by atoms with van der Waals surface area (Å²) >= 11 is 6.01. The normalized spacial score (nSPS) is 31.1. The Balaban J connectivity index is 2.05. The van der Waals surface area contributed by atoms with E-state index in [4.69, 9.17) is 21.2 Å². The first-order valence-electron chi connectivity index (χ1n) is 5.60. The van der Waals surface area contributed by atoms with Crippen molar-refractivity contribution in [2.75, 3.05) is 7.11 Å². The molecule has 2 unspecified atom stereocenters. The van der Waals surface area contributed by atoms with Gasteiger partial charge in [0.15, 0.2) is 0 Å². The fourth-order valence-electron chi connectivity index (χ4n) is 2.47. The number of oxime groups is 1. The monoisotopic (exact) mass is 231 g/mol. The molecule has 0 spiro atoms. The maximum atomic E-state index is 6.01. The molecule has 1 aliphatic carbocycles. The number of halogens is 1. The molecular weight excluding hydrogens is 214 g/mol. The van der Waals surface area contributed by atoms with Gasteiger partial charge in [-0.1, -0.05) is 18.0 Å². The molecule has 1 saturated carbocycles. The smallest absolute Gasteiger partial charge is 0.148 e. The van der Waals surface area contributed by atoms with Gasteiger partial charge in [0.2, 0.25) is 0 Å². The summed E-state index contributed by atoms with van der Waals surface area (Å²) in [5.74, 6) is 0. The van der Waals surface area contributed by atoms with Gasteiger partial charge in [0, 0.05) is 13.5 Å². The lowest BCUT2D eigenvalue weighted by Crippen LogP contribution is -2.38. The van der Waals surface area contributed by atoms with Crippen molar-refractivity contribution in [3.63, 3.8) is 0 Å². The van der Waals surface area contributed by atoms with Gasteiger partial charge in [-0.05, 0) is 19.8 Å². The molecule has 3 nitrogen and oxygen atoms in total. The van der Waals surface area contributed by atoms with Crippen molar-refractivity contribution >= 4 is 17.3 Å². The molecule has 86 valence electrons. The van der Waals surface area contributed by atoms with E-state index in [-0.39, 0.29) is 17.1 Å². The van der Waals surface area contributed by atoms with Crippen LogP contribution in [0.25, 0.3) is 0 Å². The second-order valence-corrected chi connectivity index (χ2v) is 5.16. The zero-order chi connectivity index (χ0) is 10.9. The van der Waals surface area contributed by atoms with Gasteiger partial charge in [-0.25, -0.2) is 0 Å². The van der Waals surface area contributed by atoms with Crippen molar-refractivity contribution in [3.8, 4) is 0 Å². The average molecular weight is 232 g/mol. The molecule has 4 heteroatoms. The van der Waals surface area contributed by atoms with E-state index < -0.39 is 0 Å². The summed E-state index contributed by atoms with van der Waals surface area (Å²) in [5.41, 5.74) is 0.903. The van der Waals surface area contributed by atoms with Gasteiger partial charge in [0.1, 0.15) is 11.7 Å². The number of hydrogen-bond acceptors (Lipinski definition) is 3. The summed E-state index contributed by atoms with van der Waals surface area (Å²) < 4.78 is 5.66. The first-order chi connectivity index (χ1) is 7.18. The molecule has 2 atom stereocenters. The Bertz CT molecular complexity index is 259. The molecule has 0 amide bonds. The number of hydrogen-bond donors (Lipinski definition) is 0. The third-order valence-corrected chi connectivity index (χ3v) is 3.81. The van der Waals surface area contributed by atoms with Crippen molar-refractivity contribution in [2.45, 2.75) is 56.1 Å². The van der Waals surface area contributed by atoms with Crippen LogP contribution in [-0.2, 0) is 9.57 Å². The predicted octanol–water partition coefficient (Wildman–Crippen LogP) is 2.72. The van der Waals surface area contributed by atoms with Crippen molar-refractivity contribution in [2.24, 2.45) is 5.16 Å². The quantitative estimate of drug-likeness (QED) is 0.700. The molecule has 1 aliphatic heterocycles. The molecule has 0 aromatic carbocycles. The van der Waals surface area contributed by atoms with Gasteiger partial charge in [-0.15, -0.1) is 11.6 Å². The standard InChI is InChI=1S/C11H18ClNO2/c1-8(12)9-7-10(13-15-9)11(14-2)5-3-4-6-11/h8-9H,3-7H2,1-2H3. The maximum Gasteiger partial charge on any atom is 0.148 e. The molecule has 1 fully saturated rings. The van der Waals surface area contributed by atoms with E-state index in [2.05, 4.69) is 5.16 Å². The van der Waals surface area contributed by atoms with E-state index in [0.717, 1.165) is 25.0 Å². The van der Waals surface area contributed by atoms with Crippen LogP contribution in [0.4, 0.5) is 0 Å². The molecule has 0 aromatic rings. The maximum absolute atomic E-state index is 6.01. The SMILES string of the molecule is COC1(C2=NOC(C(C)Cl)C2)CCCC1. The first kappa shape index (κ1) is 11.2. The van der Waals surface area contributed by atoms with E-state index in [1.807, 2.05) is 6.92 Å². The molecule has 0 N–H and O–H groups in total. The van der Waals surface area contributed by atoms with Crippen LogP contribution in [0.15, 0.2) is 5.16 Å². The van der Waals surface area contributed by atoms with E-state index >= 15 is 0 Å². The average Bonchev–Trinajstić information content (AvgIpc) is 2.87. The summed E-state index contributed by atoms with van der Waals surface area (Å²) in [6.07, 6.45) is 5.40. The number of ether oxygens (including phenoxy) is 1. The van der Waals surface area contributed by atoms with Gasteiger partial charge < -0.3 is 9.57 Å². The Labute approximate surface area is 95.8 Å². The number of rotatable bonds is 3. The summed E-state index contributed by atoms with van der Waals surface area (Å²) in [6, 6.07) is 0. The predicted molar refractivity (Wildman–Crippen MR) is 60.4 cm³/mol. The summed E-state index contributed by atoms with van der Waals surface area (Å²) in [6.45, 7) is 1.94. The van der Waals surface area contributed by atoms with Crippen LogP contribution >= 0.6 is 11.6 Å². The van der Waals surface area contributed by atoms with Crippen LogP contribution in [0.3, 0.4) is 0 Å². The van der Waals surface area contributed by atoms with Gasteiger partial charge in [0.25, 0.3) is 0 Å². The van der Waals surface area contributed by atoms with Gasteiger partial charge in [-0.3, -0.25) is 0 Å². The topological polar surface area (TPSA) is 30.8 Å². The fourth-order valence-corrected chi connectivity index (χ4v) is 2.60. The van der Waals surface area contributed by atoms with Crippen LogP contribution in [0.2, 0.25) is 0 Å². The second-order valence-electron chi connectivity index (χ2n) is 4.47. The fraction of sp³-hybridized carbons (Fsp3) is 0.909. The Kier molecular flexibility index (Phi) is 3.21. The second kappa shape index (κ2) is 4.30. The Hall–Kier alpha value is -0.280. The van der Waals surface area contributed by atoms with E-state index in [1.54, 1.807) is 7.11 Å². The van der Waals surface area contributed by atoms with Crippen molar-refractivity contribution in [1.29, 1.82) is 0 Å². The van der Waals surface area contributed by atoms with Crippen molar-refractivity contribution < 1.29 is 9.57 Å². The third-order valence-electron chi connectivity index (χ3n) is 3.53. The van der Waals surface area contributed by atoms with Gasteiger partial charge in [-0.2, -0.15) is 0 Å². The van der Waals surface area contributed by atoms with Crippen LogP contribution in [-0.4, -0.2) is 29.9 Å². The highest BCUT2D eigenvalue weighted by Gasteiger charge is 2.43. The van der Waals surface area contributed by atoms with Crippen molar-refractivity contribution in [3.05, 3.63) is 0 Å². The van der Waals surface area contributed by atoms with Crippen LogP contribution in [0.1, 0.15) is 39.0 Å². The minimum Gasteiger partial charge on any atom is -0.390 e. The molecule has 2 aliphatic rings. The van der Waals surface area contributed by atoms with Gasteiger partial charge >= 0.3 is 0 Å². The molecule has 0 saturated heterocycles. The molecule has 1 heterocycles. The molecule has 0 aromatic heterocycles. The van der Waals surface area contributed by atoms with Gasteiger partial charge in [0.05, 0.1) is 11.1 Å². The lowest BCUT2D eigenvalue weighted by Gasteiger charge is -2.26. The Morgan fingerprint density at radius 3 is 2.67 bits per heavy atom. The lowest BCUT2D eigenvalue weighted by molar-refractivity contribution is 0.0539. The summed E-state index contributed by atoms with van der Waals surface area (Å²) in [7, 11) is 1.77. The largest absolute Gasteiger partial charge is 0.390 e. The highest BCUT2D eigenvalue weighted by molar-refractivity contribution is 6.21. The minimum atomic E-state index is -0.152. The Morgan fingerprint density at radius 2 is 2.20 bits per heavy atom. The molecular formula is C11H18ClNO2. The van der Waals surface area contributed by atoms with Crippen LogP contribution in [0.5, 0.6) is 0 Å².